The van der Waals surface area contributed by atoms with Gasteiger partial charge in [0.05, 0.1) is 6.61 Å². The molecular formula is C12H20O8. The highest BCUT2D eigenvalue weighted by Gasteiger charge is 2.49. The van der Waals surface area contributed by atoms with Gasteiger partial charge in [0, 0.05) is 28.1 Å². The first kappa shape index (κ1) is 16.8. The van der Waals surface area contributed by atoms with Crippen LogP contribution in [-0.2, 0) is 33.3 Å². The van der Waals surface area contributed by atoms with Crippen molar-refractivity contribution in [2.24, 2.45) is 0 Å². The fraction of sp³-hybridized carbons (Fsp3) is 0.833. The Hall–Kier alpha value is -1.22. The first-order chi connectivity index (χ1) is 9.40. The summed E-state index contributed by atoms with van der Waals surface area (Å²) in [5, 5.41) is 9.87. The average Bonchev–Trinajstić information content (AvgIpc) is 2.33. The molecule has 1 saturated heterocycles. The fourth-order valence-corrected chi connectivity index (χ4v) is 2.10. The molecule has 1 heterocycles. The van der Waals surface area contributed by atoms with Gasteiger partial charge in [0.2, 0.25) is 0 Å². The molecule has 8 nitrogen and oxygen atoms in total. The van der Waals surface area contributed by atoms with E-state index >= 15 is 0 Å². The number of rotatable bonds is 5. The number of carbonyl (C=O) groups is 2. The van der Waals surface area contributed by atoms with Crippen LogP contribution in [-0.4, -0.2) is 68.6 Å². The second-order valence-corrected chi connectivity index (χ2v) is 4.37. The minimum absolute atomic E-state index is 0.0587. The molecule has 0 saturated carbocycles. The van der Waals surface area contributed by atoms with Crippen LogP contribution in [0.1, 0.15) is 13.8 Å². The van der Waals surface area contributed by atoms with Crippen LogP contribution in [0, 0.1) is 0 Å². The summed E-state index contributed by atoms with van der Waals surface area (Å²) in [6.45, 7) is 2.50. The number of aliphatic hydroxyl groups excluding tert-OH is 1. The Labute approximate surface area is 116 Å². The Kier molecular flexibility index (Phi) is 6.34. The number of methoxy groups -OCH3 is 2. The first-order valence-corrected chi connectivity index (χ1v) is 6.10. The van der Waals surface area contributed by atoms with Crippen molar-refractivity contribution >= 4 is 11.9 Å². The predicted molar refractivity (Wildman–Crippen MR) is 64.7 cm³/mol. The summed E-state index contributed by atoms with van der Waals surface area (Å²) in [6, 6.07) is 0. The Morgan fingerprint density at radius 2 is 1.60 bits per heavy atom. The molecule has 1 aliphatic heterocycles. The Morgan fingerprint density at radius 3 is 2.05 bits per heavy atom. The molecule has 0 amide bonds. The van der Waals surface area contributed by atoms with Gasteiger partial charge in [-0.05, 0) is 0 Å². The van der Waals surface area contributed by atoms with E-state index in [9.17, 15) is 14.7 Å². The van der Waals surface area contributed by atoms with Crippen molar-refractivity contribution in [2.45, 2.75) is 44.6 Å². The quantitative estimate of drug-likeness (QED) is 0.659. The summed E-state index contributed by atoms with van der Waals surface area (Å²) in [7, 11) is 2.76. The molecule has 20 heavy (non-hydrogen) atoms. The Balaban J connectivity index is 3.00. The van der Waals surface area contributed by atoms with Crippen LogP contribution in [0.3, 0.4) is 0 Å². The third-order valence-corrected chi connectivity index (χ3v) is 2.82. The molecule has 0 aromatic rings. The molecule has 1 N–H and O–H groups in total. The van der Waals surface area contributed by atoms with E-state index in [-0.39, 0.29) is 6.61 Å². The second-order valence-electron chi connectivity index (χ2n) is 4.37. The highest BCUT2D eigenvalue weighted by atomic mass is 16.7. The van der Waals surface area contributed by atoms with Crippen LogP contribution in [0.5, 0.6) is 0 Å². The Morgan fingerprint density at radius 1 is 1.05 bits per heavy atom. The summed E-state index contributed by atoms with van der Waals surface area (Å²) in [5.41, 5.74) is 0. The van der Waals surface area contributed by atoms with Crippen LogP contribution >= 0.6 is 0 Å². The lowest BCUT2D eigenvalue weighted by Gasteiger charge is -2.42. The van der Waals surface area contributed by atoms with Crippen LogP contribution in [0.4, 0.5) is 0 Å². The molecule has 1 aliphatic rings. The maximum atomic E-state index is 11.2. The standard InChI is InChI=1S/C12H20O8/c1-6(13)18-9-8(5-16-3)20-12(15)11(17-4)10(9)19-7(2)14/h8-12,15H,5H2,1-4H3/t8?,9-,10?,11?,12+/m1/s1. The van der Waals surface area contributed by atoms with Crippen LogP contribution in [0.25, 0.3) is 0 Å². The van der Waals surface area contributed by atoms with Gasteiger partial charge in [-0.15, -0.1) is 0 Å². The normalized spacial score (nSPS) is 33.5. The number of aliphatic hydroxyl groups is 1. The maximum absolute atomic E-state index is 11.2. The summed E-state index contributed by atoms with van der Waals surface area (Å²) in [5.74, 6) is -1.15. The van der Waals surface area contributed by atoms with Crippen molar-refractivity contribution in [3.63, 3.8) is 0 Å². The van der Waals surface area contributed by atoms with Crippen molar-refractivity contribution in [3.8, 4) is 0 Å². The number of ether oxygens (including phenoxy) is 5. The van der Waals surface area contributed by atoms with E-state index in [2.05, 4.69) is 0 Å². The highest BCUT2D eigenvalue weighted by Crippen LogP contribution is 2.27. The lowest BCUT2D eigenvalue weighted by molar-refractivity contribution is -0.297. The molecule has 0 bridgehead atoms. The van der Waals surface area contributed by atoms with Gasteiger partial charge in [-0.1, -0.05) is 0 Å². The van der Waals surface area contributed by atoms with E-state index in [4.69, 9.17) is 23.7 Å². The smallest absolute Gasteiger partial charge is 0.303 e. The molecule has 3 unspecified atom stereocenters. The summed E-state index contributed by atoms with van der Waals surface area (Å²) in [6.07, 6.45) is -4.96. The van der Waals surface area contributed by atoms with Crippen molar-refractivity contribution < 1.29 is 38.4 Å². The molecule has 0 radical (unpaired) electrons. The van der Waals surface area contributed by atoms with E-state index in [0.717, 1.165) is 0 Å². The van der Waals surface area contributed by atoms with Gasteiger partial charge in [-0.2, -0.15) is 0 Å². The molecule has 116 valence electrons. The van der Waals surface area contributed by atoms with E-state index < -0.39 is 42.6 Å². The zero-order chi connectivity index (χ0) is 15.3. The first-order valence-electron chi connectivity index (χ1n) is 6.10. The molecule has 0 aromatic carbocycles. The van der Waals surface area contributed by atoms with Gasteiger partial charge >= 0.3 is 11.9 Å². The van der Waals surface area contributed by atoms with E-state index in [0.29, 0.717) is 0 Å². The third-order valence-electron chi connectivity index (χ3n) is 2.82. The van der Waals surface area contributed by atoms with E-state index in [1.54, 1.807) is 0 Å². The van der Waals surface area contributed by atoms with Gasteiger partial charge in [0.15, 0.2) is 18.5 Å². The molecule has 0 aromatic heterocycles. The Bertz CT molecular complexity index is 344. The van der Waals surface area contributed by atoms with Gasteiger partial charge in [0.1, 0.15) is 12.2 Å². The van der Waals surface area contributed by atoms with E-state index in [1.165, 1.54) is 28.1 Å². The van der Waals surface area contributed by atoms with E-state index in [1.807, 2.05) is 0 Å². The van der Waals surface area contributed by atoms with Crippen molar-refractivity contribution in [1.82, 2.24) is 0 Å². The molecular weight excluding hydrogens is 272 g/mol. The molecule has 1 rings (SSSR count). The lowest BCUT2D eigenvalue weighted by atomic mass is 9.98. The SMILES string of the molecule is COCC1O[C@H](O)C(OC)C(OC(C)=O)[C@@H]1OC(C)=O. The van der Waals surface area contributed by atoms with Gasteiger partial charge in [-0.25, -0.2) is 0 Å². The monoisotopic (exact) mass is 292 g/mol. The number of carbonyl (C=O) groups excluding carboxylic acids is 2. The van der Waals surface area contributed by atoms with Crippen molar-refractivity contribution in [3.05, 3.63) is 0 Å². The average molecular weight is 292 g/mol. The summed E-state index contributed by atoms with van der Waals surface area (Å²) >= 11 is 0. The summed E-state index contributed by atoms with van der Waals surface area (Å²) in [4.78, 5) is 22.4. The molecule has 8 heteroatoms. The molecule has 0 aliphatic carbocycles. The number of hydrogen-bond acceptors (Lipinski definition) is 8. The lowest BCUT2D eigenvalue weighted by Crippen LogP contribution is -2.61. The molecule has 1 fully saturated rings. The minimum Gasteiger partial charge on any atom is -0.456 e. The van der Waals surface area contributed by atoms with Crippen LogP contribution in [0.2, 0.25) is 0 Å². The number of hydrogen-bond donors (Lipinski definition) is 1. The zero-order valence-corrected chi connectivity index (χ0v) is 11.9. The highest BCUT2D eigenvalue weighted by molar-refractivity contribution is 5.67. The van der Waals surface area contributed by atoms with Crippen molar-refractivity contribution in [2.75, 3.05) is 20.8 Å². The van der Waals surface area contributed by atoms with Crippen LogP contribution in [0.15, 0.2) is 0 Å². The van der Waals surface area contributed by atoms with Gasteiger partial charge in [0.25, 0.3) is 0 Å². The molecule has 5 atom stereocenters. The predicted octanol–water partition coefficient (Wildman–Crippen LogP) is -0.772. The topological polar surface area (TPSA) is 101 Å². The molecule has 0 spiro atoms. The second kappa shape index (κ2) is 7.53. The fourth-order valence-electron chi connectivity index (χ4n) is 2.10. The van der Waals surface area contributed by atoms with Gasteiger partial charge in [-0.3, -0.25) is 9.59 Å². The third kappa shape index (κ3) is 4.14. The number of esters is 2. The minimum atomic E-state index is -1.32. The summed E-state index contributed by atoms with van der Waals surface area (Å²) < 4.78 is 25.6. The van der Waals surface area contributed by atoms with Gasteiger partial charge < -0.3 is 28.8 Å². The van der Waals surface area contributed by atoms with Crippen molar-refractivity contribution in [1.29, 1.82) is 0 Å². The van der Waals surface area contributed by atoms with Crippen LogP contribution < -0.4 is 0 Å². The zero-order valence-electron chi connectivity index (χ0n) is 11.9. The maximum Gasteiger partial charge on any atom is 0.303 e. The largest absolute Gasteiger partial charge is 0.456 e.